The Balaban J connectivity index is 1.81. The summed E-state index contributed by atoms with van der Waals surface area (Å²) in [5, 5.41) is 7.00. The molecule has 1 aliphatic carbocycles. The zero-order valence-corrected chi connectivity index (χ0v) is 13.5. The van der Waals surface area contributed by atoms with E-state index in [1.54, 1.807) is 0 Å². The van der Waals surface area contributed by atoms with Crippen LogP contribution in [0.15, 0.2) is 36.4 Å². The lowest BCUT2D eigenvalue weighted by Gasteiger charge is -2.24. The molecule has 0 aromatic heterocycles. The van der Waals surface area contributed by atoms with Gasteiger partial charge in [0.15, 0.2) is 0 Å². The minimum atomic E-state index is 0.0421. The van der Waals surface area contributed by atoms with Gasteiger partial charge in [0, 0.05) is 29.9 Å². The summed E-state index contributed by atoms with van der Waals surface area (Å²) in [6, 6.07) is 9.42. The van der Waals surface area contributed by atoms with Gasteiger partial charge in [0.05, 0.1) is 0 Å². The zero-order chi connectivity index (χ0) is 15.6. The molecule has 0 saturated heterocycles. The fourth-order valence-corrected chi connectivity index (χ4v) is 4.15. The Kier molecular flexibility index (Phi) is 2.42. The molecule has 2 aromatic carbocycles. The smallest absolute Gasteiger partial charge is 0.0419 e. The fourth-order valence-electron chi connectivity index (χ4n) is 4.15. The molecule has 0 radical (unpaired) electrons. The molecular formula is C21H20N2. The highest BCUT2D eigenvalue weighted by Crippen LogP contribution is 2.52. The van der Waals surface area contributed by atoms with Gasteiger partial charge in [-0.3, -0.25) is 0 Å². The van der Waals surface area contributed by atoms with Crippen LogP contribution in [0.5, 0.6) is 0 Å². The number of nitrogens with one attached hydrogen (secondary N) is 2. The lowest BCUT2D eigenvalue weighted by molar-refractivity contribution is 0.660. The van der Waals surface area contributed by atoms with E-state index in [1.165, 1.54) is 44.8 Å². The van der Waals surface area contributed by atoms with Crippen LogP contribution in [0.1, 0.15) is 36.1 Å². The van der Waals surface area contributed by atoms with Crippen molar-refractivity contribution >= 4 is 23.5 Å². The van der Waals surface area contributed by atoms with Crippen molar-refractivity contribution in [2.75, 3.05) is 23.7 Å². The summed E-state index contributed by atoms with van der Waals surface area (Å²) >= 11 is 0. The van der Waals surface area contributed by atoms with E-state index in [2.05, 4.69) is 73.1 Å². The Morgan fingerprint density at radius 1 is 0.739 bits per heavy atom. The van der Waals surface area contributed by atoms with Crippen LogP contribution in [-0.4, -0.2) is 13.1 Å². The summed E-state index contributed by atoms with van der Waals surface area (Å²) in [6.45, 7) is 6.52. The average molecular weight is 300 g/mol. The predicted octanol–water partition coefficient (Wildman–Crippen LogP) is 4.87. The number of fused-ring (bicyclic) bond motifs is 5. The van der Waals surface area contributed by atoms with Crippen LogP contribution in [0.4, 0.5) is 11.4 Å². The summed E-state index contributed by atoms with van der Waals surface area (Å²) in [5.74, 6) is 0. The van der Waals surface area contributed by atoms with Crippen molar-refractivity contribution in [3.05, 3.63) is 58.7 Å². The second-order valence-corrected chi connectivity index (χ2v) is 7.16. The highest BCUT2D eigenvalue weighted by atomic mass is 14.9. The molecule has 114 valence electrons. The molecule has 23 heavy (non-hydrogen) atoms. The standard InChI is InChI=1S/C21H20N2/c1-21(2)17-11-19-13(5-3-7-22-19)9-15(17)16-10-14-6-4-8-23-20(14)12-18(16)21/h3-6,9-12,22-23H,7-8H2,1-2H3. The molecule has 0 spiro atoms. The lowest BCUT2D eigenvalue weighted by atomic mass is 9.81. The summed E-state index contributed by atoms with van der Waals surface area (Å²) in [7, 11) is 0. The number of rotatable bonds is 0. The van der Waals surface area contributed by atoms with Crippen molar-refractivity contribution in [1.29, 1.82) is 0 Å². The maximum absolute atomic E-state index is 3.50. The van der Waals surface area contributed by atoms with Crippen LogP contribution in [0, 0.1) is 0 Å². The molecule has 2 N–H and O–H groups in total. The summed E-state index contributed by atoms with van der Waals surface area (Å²) in [6.07, 6.45) is 8.85. The molecule has 0 atom stereocenters. The molecule has 0 bridgehead atoms. The molecule has 0 unspecified atom stereocenters. The Bertz CT molecular complexity index is 827. The largest absolute Gasteiger partial charge is 0.381 e. The van der Waals surface area contributed by atoms with Crippen LogP contribution < -0.4 is 10.6 Å². The lowest BCUT2D eigenvalue weighted by Crippen LogP contribution is -2.17. The molecule has 2 nitrogen and oxygen atoms in total. The maximum Gasteiger partial charge on any atom is 0.0419 e. The average Bonchev–Trinajstić information content (AvgIpc) is 2.79. The van der Waals surface area contributed by atoms with Gasteiger partial charge in [-0.15, -0.1) is 0 Å². The molecule has 2 aromatic rings. The van der Waals surface area contributed by atoms with Gasteiger partial charge >= 0.3 is 0 Å². The quantitative estimate of drug-likeness (QED) is 0.725. The van der Waals surface area contributed by atoms with E-state index < -0.39 is 0 Å². The molecule has 2 heterocycles. The van der Waals surface area contributed by atoms with Crippen LogP contribution in [-0.2, 0) is 5.41 Å². The Morgan fingerprint density at radius 2 is 1.22 bits per heavy atom. The Hall–Kier alpha value is -2.48. The van der Waals surface area contributed by atoms with E-state index in [4.69, 9.17) is 0 Å². The second-order valence-electron chi connectivity index (χ2n) is 7.16. The Labute approximate surface area is 136 Å². The molecule has 2 aliphatic heterocycles. The first-order chi connectivity index (χ1) is 11.1. The highest BCUT2D eigenvalue weighted by molar-refractivity contribution is 5.90. The molecule has 0 saturated carbocycles. The van der Waals surface area contributed by atoms with Crippen molar-refractivity contribution in [3.63, 3.8) is 0 Å². The maximum atomic E-state index is 3.50. The molecule has 5 rings (SSSR count). The van der Waals surface area contributed by atoms with E-state index >= 15 is 0 Å². The van der Waals surface area contributed by atoms with Gasteiger partial charge in [-0.2, -0.15) is 0 Å². The number of hydrogen-bond donors (Lipinski definition) is 2. The molecule has 3 aliphatic rings. The summed E-state index contributed by atoms with van der Waals surface area (Å²) in [4.78, 5) is 0. The van der Waals surface area contributed by atoms with Crippen molar-refractivity contribution in [2.24, 2.45) is 0 Å². The third-order valence-corrected chi connectivity index (χ3v) is 5.43. The van der Waals surface area contributed by atoms with E-state index in [0.717, 1.165) is 13.1 Å². The van der Waals surface area contributed by atoms with E-state index in [-0.39, 0.29) is 5.41 Å². The normalized spacial score (nSPS) is 18.3. The Morgan fingerprint density at radius 3 is 1.70 bits per heavy atom. The van der Waals surface area contributed by atoms with Crippen LogP contribution in [0.3, 0.4) is 0 Å². The van der Waals surface area contributed by atoms with Gasteiger partial charge in [-0.05, 0) is 57.6 Å². The van der Waals surface area contributed by atoms with Gasteiger partial charge in [0.1, 0.15) is 0 Å². The molecule has 2 heteroatoms. The van der Waals surface area contributed by atoms with Crippen molar-refractivity contribution < 1.29 is 0 Å². The van der Waals surface area contributed by atoms with E-state index in [9.17, 15) is 0 Å². The SMILES string of the molecule is CC1(C)c2cc3c(cc2-c2cc4c(cc21)NCC=C4)C=CCN3. The summed E-state index contributed by atoms with van der Waals surface area (Å²) < 4.78 is 0. The first-order valence-electron chi connectivity index (χ1n) is 8.33. The van der Waals surface area contributed by atoms with Gasteiger partial charge in [-0.1, -0.05) is 38.2 Å². The second kappa shape index (κ2) is 4.29. The van der Waals surface area contributed by atoms with Crippen molar-refractivity contribution in [1.82, 2.24) is 0 Å². The molecular weight excluding hydrogens is 280 g/mol. The zero-order valence-electron chi connectivity index (χ0n) is 13.5. The van der Waals surface area contributed by atoms with Crippen molar-refractivity contribution in [2.45, 2.75) is 19.3 Å². The van der Waals surface area contributed by atoms with E-state index in [1.807, 2.05) is 0 Å². The molecule has 0 fully saturated rings. The van der Waals surface area contributed by atoms with Gasteiger partial charge in [0.2, 0.25) is 0 Å². The third-order valence-electron chi connectivity index (χ3n) is 5.43. The monoisotopic (exact) mass is 300 g/mol. The topological polar surface area (TPSA) is 24.1 Å². The number of anilines is 2. The fraction of sp³-hybridized carbons (Fsp3) is 0.238. The highest BCUT2D eigenvalue weighted by Gasteiger charge is 2.37. The predicted molar refractivity (Wildman–Crippen MR) is 99.1 cm³/mol. The minimum Gasteiger partial charge on any atom is -0.381 e. The first-order valence-corrected chi connectivity index (χ1v) is 8.33. The van der Waals surface area contributed by atoms with E-state index in [0.29, 0.717) is 0 Å². The minimum absolute atomic E-state index is 0.0421. The third kappa shape index (κ3) is 1.69. The van der Waals surface area contributed by atoms with Gasteiger partial charge in [-0.25, -0.2) is 0 Å². The van der Waals surface area contributed by atoms with Crippen LogP contribution in [0.25, 0.3) is 23.3 Å². The molecule has 0 amide bonds. The van der Waals surface area contributed by atoms with Crippen LogP contribution >= 0.6 is 0 Å². The first kappa shape index (κ1) is 13.0. The number of benzene rings is 2. The van der Waals surface area contributed by atoms with Gasteiger partial charge < -0.3 is 10.6 Å². The van der Waals surface area contributed by atoms with Crippen molar-refractivity contribution in [3.8, 4) is 11.1 Å². The summed E-state index contributed by atoms with van der Waals surface area (Å²) in [5.41, 5.74) is 10.8. The van der Waals surface area contributed by atoms with Gasteiger partial charge in [0.25, 0.3) is 0 Å². The van der Waals surface area contributed by atoms with Crippen LogP contribution in [0.2, 0.25) is 0 Å². The number of hydrogen-bond acceptors (Lipinski definition) is 2.